The number of methoxy groups -OCH3 is 1. The molecular weight excluding hydrogens is 700 g/mol. The van der Waals surface area contributed by atoms with Gasteiger partial charge in [-0.15, -0.1) is 5.10 Å². The first kappa shape index (κ1) is 35.6. The highest BCUT2D eigenvalue weighted by Crippen LogP contribution is 2.49. The van der Waals surface area contributed by atoms with Crippen molar-refractivity contribution < 1.29 is 22.7 Å². The van der Waals surface area contributed by atoms with E-state index < -0.39 is 26.8 Å². The summed E-state index contributed by atoms with van der Waals surface area (Å²) in [5, 5.41) is 8.33. The molecule has 6 atom stereocenters. The van der Waals surface area contributed by atoms with Crippen molar-refractivity contribution in [2.24, 2.45) is 17.8 Å². The molecule has 8 rings (SSSR count). The number of nitrogens with one attached hydrogen (secondary N) is 1. The number of halogens is 1. The molecule has 5 aliphatic rings. The Morgan fingerprint density at radius 3 is 2.81 bits per heavy atom. The van der Waals surface area contributed by atoms with Crippen LogP contribution in [0, 0.1) is 17.8 Å². The minimum atomic E-state index is -3.97. The van der Waals surface area contributed by atoms with Crippen LogP contribution in [-0.2, 0) is 39.7 Å². The number of rotatable bonds is 3. The molecular formula is C39H49ClN6O5S. The van der Waals surface area contributed by atoms with Crippen molar-refractivity contribution in [2.75, 3.05) is 44.8 Å². The number of amides is 1. The quantitative estimate of drug-likeness (QED) is 0.353. The smallest absolute Gasteiger partial charge is 0.264 e. The van der Waals surface area contributed by atoms with Gasteiger partial charge in [0.2, 0.25) is 10.0 Å². The molecule has 1 spiro atoms. The number of hydrogen-bond acceptors (Lipinski definition) is 9. The molecule has 3 aromatic rings. The highest BCUT2D eigenvalue weighted by atomic mass is 35.5. The Morgan fingerprint density at radius 1 is 1.13 bits per heavy atom. The first-order valence-corrected chi connectivity index (χ1v) is 20.6. The number of carbonyl (C=O) groups excluding carboxylic acids is 1. The summed E-state index contributed by atoms with van der Waals surface area (Å²) in [4.78, 5) is 18.5. The number of carbonyl (C=O) groups is 1. The Labute approximate surface area is 311 Å². The summed E-state index contributed by atoms with van der Waals surface area (Å²) in [6, 6.07) is 11.6. The standard InChI is InChI=1S/C39H49ClN6O5S/c1-26-6-4-15-39(50-3,24-44-16-17-46-32(22-44)20-41-43-46)34-11-8-30(34)21-45-23-38(14-5-7-28-18-31(40)10-12-33(28)38)25-51-36-13-9-29(19-35(36)45)37(47)42-52(48,49)27(26)2/h4,9-10,12-13,15,18-20,26-27,30,34H,5-8,11,14,16-17,21-25H2,1-3H3,(H,42,47)/b15-4+/t26-,27+,30-,34+,38-,39+/m0/s1. The third-order valence-corrected chi connectivity index (χ3v) is 14.9. The zero-order valence-electron chi connectivity index (χ0n) is 30.3. The van der Waals surface area contributed by atoms with Gasteiger partial charge in [0.1, 0.15) is 11.4 Å². The van der Waals surface area contributed by atoms with E-state index in [1.165, 1.54) is 11.1 Å². The lowest BCUT2D eigenvalue weighted by atomic mass is 9.63. The third-order valence-electron chi connectivity index (χ3n) is 12.8. The molecule has 1 fully saturated rings. The van der Waals surface area contributed by atoms with Crippen molar-refractivity contribution in [3.8, 4) is 5.75 Å². The molecule has 52 heavy (non-hydrogen) atoms. The second-order valence-corrected chi connectivity index (χ2v) is 18.3. The highest BCUT2D eigenvalue weighted by Gasteiger charge is 2.50. The molecule has 3 aliphatic heterocycles. The van der Waals surface area contributed by atoms with E-state index in [0.717, 1.165) is 74.7 Å². The number of benzene rings is 2. The van der Waals surface area contributed by atoms with Crippen LogP contribution in [0.15, 0.2) is 54.7 Å². The van der Waals surface area contributed by atoms with Gasteiger partial charge in [-0.25, -0.2) is 17.8 Å². The van der Waals surface area contributed by atoms with Crippen LogP contribution in [0.25, 0.3) is 0 Å². The summed E-state index contributed by atoms with van der Waals surface area (Å²) in [5.74, 6) is 0.361. The number of allylic oxidation sites excluding steroid dienone is 1. The number of fused-ring (bicyclic) bond motifs is 5. The van der Waals surface area contributed by atoms with Gasteiger partial charge in [0.15, 0.2) is 0 Å². The van der Waals surface area contributed by atoms with Gasteiger partial charge in [-0.3, -0.25) is 9.69 Å². The molecule has 0 radical (unpaired) electrons. The molecule has 0 unspecified atom stereocenters. The molecule has 278 valence electrons. The summed E-state index contributed by atoms with van der Waals surface area (Å²) in [7, 11) is -2.15. The predicted octanol–water partition coefficient (Wildman–Crippen LogP) is 5.38. The zero-order chi connectivity index (χ0) is 36.3. The summed E-state index contributed by atoms with van der Waals surface area (Å²) in [6.45, 7) is 8.59. The van der Waals surface area contributed by atoms with Gasteiger partial charge in [-0.05, 0) is 105 Å². The highest BCUT2D eigenvalue weighted by molar-refractivity contribution is 7.90. The number of ether oxygens (including phenoxy) is 2. The zero-order valence-corrected chi connectivity index (χ0v) is 31.8. The van der Waals surface area contributed by atoms with Crippen LogP contribution in [0.5, 0.6) is 5.75 Å². The van der Waals surface area contributed by atoms with Crippen LogP contribution in [0.2, 0.25) is 5.02 Å². The number of anilines is 1. The average Bonchev–Trinajstić information content (AvgIpc) is 3.53. The fourth-order valence-electron chi connectivity index (χ4n) is 9.43. The molecule has 1 aromatic heterocycles. The van der Waals surface area contributed by atoms with Gasteiger partial charge in [0.05, 0.1) is 36.0 Å². The second kappa shape index (κ2) is 13.8. The van der Waals surface area contributed by atoms with E-state index in [1.54, 1.807) is 13.0 Å². The minimum Gasteiger partial charge on any atom is -0.490 e. The molecule has 2 aromatic carbocycles. The van der Waals surface area contributed by atoms with Crippen molar-refractivity contribution in [3.63, 3.8) is 0 Å². The molecule has 4 heterocycles. The van der Waals surface area contributed by atoms with Crippen LogP contribution in [-0.4, -0.2) is 85.0 Å². The fourth-order valence-corrected chi connectivity index (χ4v) is 10.9. The summed E-state index contributed by atoms with van der Waals surface area (Å²) in [6.07, 6.45) is 11.7. The summed E-state index contributed by atoms with van der Waals surface area (Å²) in [5.41, 5.74) is 3.86. The van der Waals surface area contributed by atoms with Gasteiger partial charge in [0, 0.05) is 55.8 Å². The van der Waals surface area contributed by atoms with Gasteiger partial charge in [0.25, 0.3) is 5.91 Å². The van der Waals surface area contributed by atoms with Gasteiger partial charge in [-0.2, -0.15) is 0 Å². The van der Waals surface area contributed by atoms with E-state index >= 15 is 0 Å². The van der Waals surface area contributed by atoms with Gasteiger partial charge in [-0.1, -0.05) is 42.0 Å². The van der Waals surface area contributed by atoms with Crippen LogP contribution in [0.3, 0.4) is 0 Å². The first-order valence-electron chi connectivity index (χ1n) is 18.7. The first-order chi connectivity index (χ1) is 25.0. The lowest BCUT2D eigenvalue weighted by molar-refractivity contribution is -0.0945. The maximum absolute atomic E-state index is 13.6. The Morgan fingerprint density at radius 2 is 2.00 bits per heavy atom. The SMILES string of the molecule is CO[C@@]1(CN2CCn3nncc3C2)/C=C/C[C@H](C)[C@@H](C)S(=O)(=O)NC(=O)c2ccc3c(c2)N(C[C@@H]2CC[C@H]21)C[C@@]1(CCCc2cc(Cl)ccc21)CO3. The van der Waals surface area contributed by atoms with Gasteiger partial charge >= 0.3 is 0 Å². The monoisotopic (exact) mass is 748 g/mol. The fraction of sp³-hybridized carbons (Fsp3) is 0.564. The van der Waals surface area contributed by atoms with E-state index in [9.17, 15) is 13.2 Å². The Balaban J connectivity index is 1.20. The normalized spacial score (nSPS) is 32.3. The van der Waals surface area contributed by atoms with E-state index in [0.29, 0.717) is 43.3 Å². The predicted molar refractivity (Wildman–Crippen MR) is 200 cm³/mol. The van der Waals surface area contributed by atoms with Crippen LogP contribution >= 0.6 is 11.6 Å². The van der Waals surface area contributed by atoms with Crippen molar-refractivity contribution >= 4 is 33.2 Å². The number of nitrogens with zero attached hydrogens (tertiary/aromatic N) is 5. The second-order valence-electron chi connectivity index (χ2n) is 15.8. The van der Waals surface area contributed by atoms with E-state index in [-0.39, 0.29) is 17.3 Å². The summed E-state index contributed by atoms with van der Waals surface area (Å²) < 4.78 is 44.9. The molecule has 2 bridgehead atoms. The maximum atomic E-state index is 13.6. The number of aromatic nitrogens is 3. The van der Waals surface area contributed by atoms with E-state index in [2.05, 4.69) is 49.1 Å². The third kappa shape index (κ3) is 6.43. The van der Waals surface area contributed by atoms with E-state index in [1.807, 2.05) is 43.1 Å². The number of sulfonamides is 1. The van der Waals surface area contributed by atoms with Crippen LogP contribution in [0.4, 0.5) is 5.69 Å². The lowest BCUT2D eigenvalue weighted by Gasteiger charge is -2.52. The number of hydrogen-bond donors (Lipinski definition) is 1. The topological polar surface area (TPSA) is 119 Å². The molecule has 11 nitrogen and oxygen atoms in total. The molecule has 1 saturated carbocycles. The molecule has 1 amide bonds. The molecule has 13 heteroatoms. The van der Waals surface area contributed by atoms with Crippen molar-refractivity contribution in [1.82, 2.24) is 24.6 Å². The van der Waals surface area contributed by atoms with Crippen molar-refractivity contribution in [2.45, 2.75) is 81.7 Å². The van der Waals surface area contributed by atoms with Crippen molar-refractivity contribution in [1.29, 1.82) is 0 Å². The maximum Gasteiger partial charge on any atom is 0.264 e. The summed E-state index contributed by atoms with van der Waals surface area (Å²) >= 11 is 6.49. The van der Waals surface area contributed by atoms with Crippen LogP contribution in [0.1, 0.15) is 73.1 Å². The average molecular weight is 749 g/mol. The van der Waals surface area contributed by atoms with Crippen molar-refractivity contribution in [3.05, 3.63) is 82.2 Å². The van der Waals surface area contributed by atoms with Crippen LogP contribution < -0.4 is 14.4 Å². The Kier molecular flexibility index (Phi) is 9.41. The molecule has 1 N–H and O–H groups in total. The Bertz CT molecular complexity index is 1990. The molecule has 0 saturated heterocycles. The minimum absolute atomic E-state index is 0.218. The van der Waals surface area contributed by atoms with E-state index in [4.69, 9.17) is 21.1 Å². The lowest BCUT2D eigenvalue weighted by Crippen LogP contribution is -2.57. The molecule has 2 aliphatic carbocycles. The Hall–Kier alpha value is -3.45. The van der Waals surface area contributed by atoms with Gasteiger partial charge < -0.3 is 14.4 Å². The number of aryl methyl sites for hydroxylation is 1. The largest absolute Gasteiger partial charge is 0.490 e.